The van der Waals surface area contributed by atoms with Gasteiger partial charge in [0.1, 0.15) is 4.90 Å². The molecule has 7 heteroatoms. The van der Waals surface area contributed by atoms with Crippen LogP contribution < -0.4 is 10.0 Å². The van der Waals surface area contributed by atoms with E-state index in [-0.39, 0.29) is 10.8 Å². The van der Waals surface area contributed by atoms with Gasteiger partial charge in [-0.15, -0.1) is 0 Å². The second-order valence-corrected chi connectivity index (χ2v) is 6.18. The van der Waals surface area contributed by atoms with Crippen LogP contribution in [0.2, 0.25) is 0 Å². The molecule has 1 heterocycles. The van der Waals surface area contributed by atoms with E-state index in [4.69, 9.17) is 0 Å². The summed E-state index contributed by atoms with van der Waals surface area (Å²) in [7, 11) is -3.50. The summed E-state index contributed by atoms with van der Waals surface area (Å²) in [5.41, 5.74) is 0. The fourth-order valence-corrected chi connectivity index (χ4v) is 2.25. The Morgan fingerprint density at radius 1 is 1.28 bits per heavy atom. The molecule has 0 aliphatic carbocycles. The first-order chi connectivity index (χ1) is 8.45. The van der Waals surface area contributed by atoms with Crippen molar-refractivity contribution >= 4 is 16.0 Å². The van der Waals surface area contributed by atoms with Crippen molar-refractivity contribution in [3.63, 3.8) is 0 Å². The van der Waals surface area contributed by atoms with Crippen LogP contribution in [0.4, 0.5) is 5.95 Å². The third kappa shape index (κ3) is 4.58. The van der Waals surface area contributed by atoms with Gasteiger partial charge in [0.05, 0.1) is 12.4 Å². The maximum atomic E-state index is 11.9. The van der Waals surface area contributed by atoms with Crippen molar-refractivity contribution in [3.8, 4) is 0 Å². The fraction of sp³-hybridized carbons (Fsp3) is 0.636. The van der Waals surface area contributed by atoms with Crippen molar-refractivity contribution in [1.82, 2.24) is 14.7 Å². The highest BCUT2D eigenvalue weighted by atomic mass is 32.2. The molecule has 0 fully saturated rings. The first-order valence-corrected chi connectivity index (χ1v) is 7.49. The van der Waals surface area contributed by atoms with Gasteiger partial charge < -0.3 is 5.32 Å². The van der Waals surface area contributed by atoms with Crippen LogP contribution in [-0.4, -0.2) is 31.5 Å². The van der Waals surface area contributed by atoms with Crippen molar-refractivity contribution in [1.29, 1.82) is 0 Å². The summed E-state index contributed by atoms with van der Waals surface area (Å²) in [6.45, 7) is 7.07. The van der Waals surface area contributed by atoms with Gasteiger partial charge in [0.25, 0.3) is 0 Å². The van der Waals surface area contributed by atoms with Crippen LogP contribution in [0, 0.1) is 5.92 Å². The Labute approximate surface area is 108 Å². The lowest BCUT2D eigenvalue weighted by Crippen LogP contribution is -2.27. The van der Waals surface area contributed by atoms with E-state index in [0.717, 1.165) is 13.0 Å². The van der Waals surface area contributed by atoms with Crippen LogP contribution in [-0.2, 0) is 10.0 Å². The first kappa shape index (κ1) is 14.8. The number of anilines is 1. The van der Waals surface area contributed by atoms with Crippen LogP contribution in [0.15, 0.2) is 17.3 Å². The molecule has 18 heavy (non-hydrogen) atoms. The standard InChI is InChI=1S/C11H20N4O2S/c1-4-5-12-11-13-7-10(8-14-11)18(16,17)15-6-9(2)3/h7-9,15H,4-6H2,1-3H3,(H,12,13,14). The van der Waals surface area contributed by atoms with Crippen molar-refractivity contribution in [2.75, 3.05) is 18.4 Å². The molecule has 0 atom stereocenters. The average Bonchev–Trinajstić information content (AvgIpc) is 2.34. The minimum Gasteiger partial charge on any atom is -0.354 e. The van der Waals surface area contributed by atoms with E-state index in [0.29, 0.717) is 12.5 Å². The van der Waals surface area contributed by atoms with E-state index in [9.17, 15) is 8.42 Å². The lowest BCUT2D eigenvalue weighted by molar-refractivity contribution is 0.559. The van der Waals surface area contributed by atoms with E-state index in [1.54, 1.807) is 0 Å². The third-order valence-corrected chi connectivity index (χ3v) is 3.53. The quantitative estimate of drug-likeness (QED) is 0.780. The number of hydrogen-bond acceptors (Lipinski definition) is 5. The van der Waals surface area contributed by atoms with Crippen LogP contribution in [0.5, 0.6) is 0 Å². The SMILES string of the molecule is CCCNc1ncc(S(=O)(=O)NCC(C)C)cn1. The van der Waals surface area contributed by atoms with Gasteiger partial charge in [0.15, 0.2) is 0 Å². The molecule has 0 bridgehead atoms. The summed E-state index contributed by atoms with van der Waals surface area (Å²) in [4.78, 5) is 8.02. The second kappa shape index (κ2) is 6.65. The molecular formula is C11H20N4O2S. The predicted octanol–water partition coefficient (Wildman–Crippen LogP) is 1.23. The lowest BCUT2D eigenvalue weighted by atomic mass is 10.2. The molecule has 1 aromatic rings. The lowest BCUT2D eigenvalue weighted by Gasteiger charge is -2.08. The highest BCUT2D eigenvalue weighted by molar-refractivity contribution is 7.89. The van der Waals surface area contributed by atoms with Gasteiger partial charge in [0, 0.05) is 13.1 Å². The van der Waals surface area contributed by atoms with Gasteiger partial charge in [-0.3, -0.25) is 0 Å². The van der Waals surface area contributed by atoms with Crippen molar-refractivity contribution in [3.05, 3.63) is 12.4 Å². The first-order valence-electron chi connectivity index (χ1n) is 6.01. The molecule has 0 aliphatic rings. The Morgan fingerprint density at radius 3 is 2.39 bits per heavy atom. The molecule has 1 rings (SSSR count). The number of nitrogens with one attached hydrogen (secondary N) is 2. The number of sulfonamides is 1. The van der Waals surface area contributed by atoms with Gasteiger partial charge in [0.2, 0.25) is 16.0 Å². The van der Waals surface area contributed by atoms with Gasteiger partial charge in [-0.25, -0.2) is 23.1 Å². The van der Waals surface area contributed by atoms with Crippen LogP contribution in [0.1, 0.15) is 27.2 Å². The molecule has 0 unspecified atom stereocenters. The Kier molecular flexibility index (Phi) is 5.49. The van der Waals surface area contributed by atoms with Crippen LogP contribution in [0.3, 0.4) is 0 Å². The fourth-order valence-electron chi connectivity index (χ4n) is 1.14. The molecule has 102 valence electrons. The molecule has 0 spiro atoms. The smallest absolute Gasteiger partial charge is 0.243 e. The average molecular weight is 272 g/mol. The van der Waals surface area contributed by atoms with Crippen molar-refractivity contribution in [2.45, 2.75) is 32.1 Å². The number of aromatic nitrogens is 2. The van der Waals surface area contributed by atoms with Crippen LogP contribution in [0.25, 0.3) is 0 Å². The summed E-state index contributed by atoms with van der Waals surface area (Å²) in [5, 5.41) is 2.99. The van der Waals surface area contributed by atoms with Crippen molar-refractivity contribution in [2.24, 2.45) is 5.92 Å². The summed E-state index contributed by atoms with van der Waals surface area (Å²) in [6, 6.07) is 0. The van der Waals surface area contributed by atoms with Gasteiger partial charge >= 0.3 is 0 Å². The van der Waals surface area contributed by atoms with Gasteiger partial charge in [-0.1, -0.05) is 20.8 Å². The zero-order valence-corrected chi connectivity index (χ0v) is 11.8. The molecule has 0 aliphatic heterocycles. The zero-order valence-electron chi connectivity index (χ0n) is 11.0. The molecule has 2 N–H and O–H groups in total. The number of hydrogen-bond donors (Lipinski definition) is 2. The van der Waals surface area contributed by atoms with Gasteiger partial charge in [-0.2, -0.15) is 0 Å². The topological polar surface area (TPSA) is 84.0 Å². The zero-order chi connectivity index (χ0) is 13.6. The summed E-state index contributed by atoms with van der Waals surface area (Å²) in [6.07, 6.45) is 3.58. The van der Waals surface area contributed by atoms with E-state index >= 15 is 0 Å². The number of rotatable bonds is 7. The second-order valence-electron chi connectivity index (χ2n) is 4.41. The number of nitrogens with zero attached hydrogens (tertiary/aromatic N) is 2. The third-order valence-electron chi connectivity index (χ3n) is 2.15. The Morgan fingerprint density at radius 2 is 1.89 bits per heavy atom. The van der Waals surface area contributed by atoms with E-state index in [1.165, 1.54) is 12.4 Å². The van der Waals surface area contributed by atoms with Gasteiger partial charge in [-0.05, 0) is 12.3 Å². The van der Waals surface area contributed by atoms with Crippen molar-refractivity contribution < 1.29 is 8.42 Å². The van der Waals surface area contributed by atoms with E-state index in [2.05, 4.69) is 20.0 Å². The molecule has 6 nitrogen and oxygen atoms in total. The van der Waals surface area contributed by atoms with Crippen LogP contribution >= 0.6 is 0 Å². The summed E-state index contributed by atoms with van der Waals surface area (Å²) >= 11 is 0. The molecule has 0 radical (unpaired) electrons. The van der Waals surface area contributed by atoms with E-state index in [1.807, 2.05) is 20.8 Å². The minimum absolute atomic E-state index is 0.0881. The Hall–Kier alpha value is -1.21. The molecule has 0 saturated carbocycles. The molecule has 1 aromatic heterocycles. The molecule has 0 aromatic carbocycles. The largest absolute Gasteiger partial charge is 0.354 e. The maximum absolute atomic E-state index is 11.9. The summed E-state index contributed by atoms with van der Waals surface area (Å²) in [5.74, 6) is 0.700. The molecular weight excluding hydrogens is 252 g/mol. The highest BCUT2D eigenvalue weighted by Crippen LogP contribution is 2.07. The Bertz CT molecular complexity index is 456. The normalized spacial score (nSPS) is 11.8. The predicted molar refractivity (Wildman–Crippen MR) is 70.8 cm³/mol. The molecule has 0 amide bonds. The summed E-state index contributed by atoms with van der Waals surface area (Å²) < 4.78 is 26.2. The van der Waals surface area contributed by atoms with E-state index < -0.39 is 10.0 Å². The highest BCUT2D eigenvalue weighted by Gasteiger charge is 2.15. The monoisotopic (exact) mass is 272 g/mol. The molecule has 0 saturated heterocycles. The minimum atomic E-state index is -3.50. The Balaban J connectivity index is 2.71. The maximum Gasteiger partial charge on any atom is 0.243 e.